The van der Waals surface area contributed by atoms with Crippen molar-refractivity contribution in [1.29, 1.82) is 0 Å². The molecule has 0 amide bonds. The molecular formula is C61H77Cl2FN8O3. The number of rotatable bonds is 16. The molecule has 1 spiro atoms. The van der Waals surface area contributed by atoms with Crippen LogP contribution in [0.15, 0.2) is 103 Å². The van der Waals surface area contributed by atoms with Crippen molar-refractivity contribution in [3.8, 4) is 22.8 Å². The fourth-order valence-electron chi connectivity index (χ4n) is 15.8. The van der Waals surface area contributed by atoms with Crippen molar-refractivity contribution in [3.05, 3.63) is 136 Å². The quantitative estimate of drug-likeness (QED) is 0.0996. The number of carbonyl (C=O) groups is 1. The first-order chi connectivity index (χ1) is 36.4. The van der Waals surface area contributed by atoms with Gasteiger partial charge in [-0.2, -0.15) is 0 Å². The maximum absolute atomic E-state index is 17.5. The van der Waals surface area contributed by atoms with Crippen LogP contribution in [0.5, 0.6) is 11.5 Å². The summed E-state index contributed by atoms with van der Waals surface area (Å²) in [5.41, 5.74) is 3.88. The van der Waals surface area contributed by atoms with Crippen LogP contribution in [0.25, 0.3) is 11.3 Å². The van der Waals surface area contributed by atoms with Gasteiger partial charge in [0.1, 0.15) is 24.0 Å². The molecule has 1 saturated carbocycles. The number of aromatic nitrogens is 2. The predicted octanol–water partition coefficient (Wildman–Crippen LogP) is 9.96. The molecule has 11 nitrogen and oxygen atoms in total. The highest BCUT2D eigenvalue weighted by Gasteiger charge is 2.77. The summed E-state index contributed by atoms with van der Waals surface area (Å²) >= 11 is 13.3. The van der Waals surface area contributed by atoms with Crippen LogP contribution in [0.2, 0.25) is 10.0 Å². The number of hydrogen-bond acceptors (Lipinski definition) is 10. The molecular weight excluding hydrogens is 983 g/mol. The number of nitrogens with one attached hydrogen (secondary N) is 2. The van der Waals surface area contributed by atoms with Gasteiger partial charge in [0.2, 0.25) is 0 Å². The van der Waals surface area contributed by atoms with Crippen molar-refractivity contribution >= 4 is 29.0 Å². The standard InChI is InChI=1S/C61H77Cl2FN8O3/c1-7-60-54-31-45(29-41-13-9-8-10-14-41)57(60)68(4)39(2)34-65-53-33-48(30-42-15-20-46(62)21-16-42)69(5)58-50(38-74-6)67-56(61(53,58)59(60)73)40(3)72(54)36-44-17-22-47(63)32-52(44)75-49-23-18-43(19-24-49)51-35-66-55(71(51)28-25-64)37-70-26-11-12-27-70/h8-10,13-24,32,35,39-40,45,48,50,53-54,56-58,65,67H,7,11-12,25-31,33-34,36-38H2,1-6H3/t39-,40-,45+,48-,50+,53?,54?,56?,57?,58?,60?,61?/m0/s1. The third-order valence-corrected chi connectivity index (χ3v) is 19.7. The number of benzene rings is 4. The molecule has 400 valence electrons. The number of carbonyl (C=O) groups excluding carboxylic acids is 1. The van der Waals surface area contributed by atoms with Gasteiger partial charge in [-0.15, -0.1) is 0 Å². The van der Waals surface area contributed by atoms with Crippen LogP contribution >= 0.6 is 23.2 Å². The average molecular weight is 1060 g/mol. The highest BCUT2D eigenvalue weighted by molar-refractivity contribution is 6.31. The van der Waals surface area contributed by atoms with Crippen LogP contribution in [-0.2, 0) is 42.0 Å². The molecule has 0 radical (unpaired) electrons. The second kappa shape index (κ2) is 21.9. The summed E-state index contributed by atoms with van der Waals surface area (Å²) in [6, 6.07) is 33.0. The monoisotopic (exact) mass is 1060 g/mol. The Labute approximate surface area is 454 Å². The van der Waals surface area contributed by atoms with Crippen molar-refractivity contribution in [3.63, 3.8) is 0 Å². The highest BCUT2D eigenvalue weighted by Crippen LogP contribution is 2.63. The number of ether oxygens (including phenoxy) is 2. The molecule has 12 atom stereocenters. The van der Waals surface area contributed by atoms with Gasteiger partial charge in [-0.05, 0) is 152 Å². The second-order valence-electron chi connectivity index (χ2n) is 23.0. The maximum Gasteiger partial charge on any atom is 0.153 e. The topological polar surface area (TPSA) is 90.4 Å². The predicted molar refractivity (Wildman–Crippen MR) is 297 cm³/mol. The van der Waals surface area contributed by atoms with Crippen LogP contribution in [0.3, 0.4) is 0 Å². The molecule has 5 saturated heterocycles. The van der Waals surface area contributed by atoms with Crippen LogP contribution in [0, 0.1) is 16.7 Å². The first-order valence-corrected chi connectivity index (χ1v) is 28.6. The number of likely N-dealkylation sites (N-methyl/N-ethyl adjacent to an activating group) is 2. The molecule has 7 unspecified atom stereocenters. The molecule has 75 heavy (non-hydrogen) atoms. The summed E-state index contributed by atoms with van der Waals surface area (Å²) in [7, 11) is 6.38. The molecule has 6 heterocycles. The summed E-state index contributed by atoms with van der Waals surface area (Å²) in [4.78, 5) is 32.6. The minimum atomic E-state index is -0.794. The van der Waals surface area contributed by atoms with E-state index in [2.05, 4.69) is 114 Å². The molecule has 6 aliphatic rings. The molecule has 14 heteroatoms. The molecule has 11 rings (SSSR count). The average Bonchev–Trinajstić information content (AvgIpc) is 4.31. The van der Waals surface area contributed by atoms with Gasteiger partial charge >= 0.3 is 0 Å². The SMILES string of the molecule is CCC12C(=O)C34C5C[C@H](Cc6ccc(Cl)cc6)N(C)C3[C@@H](COC)NC4[C@H](C)N(Cc3ccc(Cl)cc3Oc3ccc(-c4cnc(CN6CCCC6)n4CCF)cc3)C1C[C@@H](Cc1ccccc1)C2N(C)[C@@H](C)CN5. The third-order valence-electron chi connectivity index (χ3n) is 19.2. The fourth-order valence-corrected chi connectivity index (χ4v) is 16.1. The van der Waals surface area contributed by atoms with Gasteiger partial charge in [0.15, 0.2) is 5.78 Å². The van der Waals surface area contributed by atoms with E-state index in [-0.39, 0.29) is 66.8 Å². The summed E-state index contributed by atoms with van der Waals surface area (Å²) in [6.45, 7) is 11.5. The number of imidazole rings is 1. The Bertz CT molecular complexity index is 2780. The zero-order chi connectivity index (χ0) is 52.2. The van der Waals surface area contributed by atoms with E-state index in [0.29, 0.717) is 41.9 Å². The van der Waals surface area contributed by atoms with Crippen molar-refractivity contribution in [1.82, 2.24) is 39.8 Å². The van der Waals surface area contributed by atoms with Gasteiger partial charge in [-0.3, -0.25) is 24.4 Å². The van der Waals surface area contributed by atoms with Crippen molar-refractivity contribution in [2.75, 3.05) is 54.1 Å². The first-order valence-electron chi connectivity index (χ1n) is 27.8. The van der Waals surface area contributed by atoms with Gasteiger partial charge in [0.25, 0.3) is 0 Å². The smallest absolute Gasteiger partial charge is 0.153 e. The number of methoxy groups -OCH3 is 1. The van der Waals surface area contributed by atoms with Gasteiger partial charge in [-0.25, -0.2) is 9.37 Å². The third kappa shape index (κ3) is 9.39. The van der Waals surface area contributed by atoms with Gasteiger partial charge in [-0.1, -0.05) is 78.7 Å². The number of ketones is 1. The van der Waals surface area contributed by atoms with Gasteiger partial charge < -0.3 is 24.7 Å². The molecule has 4 aromatic carbocycles. The van der Waals surface area contributed by atoms with Crippen LogP contribution < -0.4 is 15.4 Å². The van der Waals surface area contributed by atoms with E-state index in [1.54, 1.807) is 7.11 Å². The number of nitrogens with zero attached hydrogens (tertiary/aromatic N) is 6. The summed E-state index contributed by atoms with van der Waals surface area (Å²) < 4.78 is 29.2. The number of halogens is 3. The fraction of sp³-hybridized carbons (Fsp3) is 0.541. The number of alkyl halides is 1. The van der Waals surface area contributed by atoms with E-state index in [1.165, 1.54) is 24.0 Å². The van der Waals surface area contributed by atoms with Gasteiger partial charge in [0, 0.05) is 95.7 Å². The lowest BCUT2D eigenvalue weighted by Crippen LogP contribution is -2.73. The van der Waals surface area contributed by atoms with Crippen molar-refractivity contribution in [2.24, 2.45) is 16.7 Å². The van der Waals surface area contributed by atoms with Crippen LogP contribution in [0.4, 0.5) is 4.39 Å². The lowest BCUT2D eigenvalue weighted by molar-refractivity contribution is -0.154. The first kappa shape index (κ1) is 52.8. The van der Waals surface area contributed by atoms with E-state index in [1.807, 2.05) is 59.3 Å². The van der Waals surface area contributed by atoms with E-state index in [4.69, 9.17) is 37.7 Å². The Kier molecular flexibility index (Phi) is 15.4. The number of likely N-dealkylation sites (tertiary alicyclic amines) is 3. The Morgan fingerprint density at radius 3 is 2.31 bits per heavy atom. The Morgan fingerprint density at radius 1 is 0.853 bits per heavy atom. The second-order valence-corrected chi connectivity index (χ2v) is 23.9. The van der Waals surface area contributed by atoms with E-state index < -0.39 is 17.5 Å². The molecule has 6 fully saturated rings. The molecule has 1 aliphatic carbocycles. The molecule has 5 aromatic rings. The Balaban J connectivity index is 0.998. The highest BCUT2D eigenvalue weighted by atomic mass is 35.5. The number of piperidine rings is 1. The normalized spacial score (nSPS) is 32.3. The number of hydrogen-bond donors (Lipinski definition) is 2. The largest absolute Gasteiger partial charge is 0.457 e. The summed E-state index contributed by atoms with van der Waals surface area (Å²) in [5, 5.41) is 9.79. The van der Waals surface area contributed by atoms with E-state index >= 15 is 4.79 Å². The lowest BCUT2D eigenvalue weighted by atomic mass is 9.54. The van der Waals surface area contributed by atoms with Gasteiger partial charge in [0.05, 0.1) is 42.4 Å². The zero-order valence-electron chi connectivity index (χ0n) is 44.7. The van der Waals surface area contributed by atoms with E-state index in [9.17, 15) is 4.39 Å². The molecule has 2 bridgehead atoms. The van der Waals surface area contributed by atoms with Crippen LogP contribution in [-0.4, -0.2) is 143 Å². The Hall–Kier alpha value is -4.21. The lowest BCUT2D eigenvalue weighted by Gasteiger charge is -2.57. The van der Waals surface area contributed by atoms with Crippen molar-refractivity contribution in [2.45, 2.75) is 140 Å². The van der Waals surface area contributed by atoms with Crippen LogP contribution in [0.1, 0.15) is 75.4 Å². The maximum atomic E-state index is 17.5. The molecule has 5 aliphatic heterocycles. The molecule has 2 N–H and O–H groups in total. The Morgan fingerprint density at radius 2 is 1.59 bits per heavy atom. The minimum absolute atomic E-state index is 0.0187. The minimum Gasteiger partial charge on any atom is -0.457 e. The van der Waals surface area contributed by atoms with E-state index in [0.717, 1.165) is 79.5 Å². The summed E-state index contributed by atoms with van der Waals surface area (Å²) in [5.74, 6) is 2.88. The summed E-state index contributed by atoms with van der Waals surface area (Å²) in [6.07, 6.45) is 8.42. The number of Topliss-reactive ketones (excluding diaryl/α,β-unsaturated/α-hetero) is 1. The zero-order valence-corrected chi connectivity index (χ0v) is 46.2. The molecule has 1 aromatic heterocycles. The van der Waals surface area contributed by atoms with Crippen molar-refractivity contribution < 1.29 is 18.7 Å².